The molecule has 1 atom stereocenters. The van der Waals surface area contributed by atoms with Gasteiger partial charge in [0.2, 0.25) is 6.04 Å². The molecule has 0 N–H and O–H groups in total. The third-order valence-corrected chi connectivity index (χ3v) is 1.02. The van der Waals surface area contributed by atoms with Gasteiger partial charge < -0.3 is 11.7 Å². The molecule has 0 aliphatic carbocycles. The van der Waals surface area contributed by atoms with E-state index in [1.165, 1.54) is 6.92 Å². The van der Waals surface area contributed by atoms with Crippen molar-refractivity contribution in [3.05, 3.63) is 17.0 Å². The van der Waals surface area contributed by atoms with Crippen molar-refractivity contribution < 1.29 is 30.8 Å². The molecule has 0 spiro atoms. The molecule has 0 saturated carbocycles. The van der Waals surface area contributed by atoms with E-state index in [9.17, 15) is 14.9 Å². The van der Waals surface area contributed by atoms with E-state index in [1.807, 2.05) is 0 Å². The minimum Gasteiger partial charge on any atom is -0.542 e. The number of hydrogen-bond acceptors (Lipinski definition) is 3. The van der Waals surface area contributed by atoms with E-state index < -0.39 is 11.0 Å². The molecule has 0 aromatic heterocycles. The SMILES string of the molecule is CC(CC[C-]=O)[N+](=O)[O-].[CH2-]C.[W+2]. The molecule has 1 unspecified atom stereocenters. The van der Waals surface area contributed by atoms with E-state index in [1.54, 1.807) is 13.2 Å². The first-order chi connectivity index (χ1) is 5.18. The van der Waals surface area contributed by atoms with Crippen LogP contribution in [0, 0.1) is 17.0 Å². The maximum atomic E-state index is 9.88. The molecule has 70 valence electrons. The topological polar surface area (TPSA) is 60.2 Å². The van der Waals surface area contributed by atoms with Crippen molar-refractivity contribution in [3.63, 3.8) is 0 Å². The van der Waals surface area contributed by atoms with Crippen molar-refractivity contribution in [2.75, 3.05) is 0 Å². The fourth-order valence-corrected chi connectivity index (χ4v) is 0.373. The van der Waals surface area contributed by atoms with Crippen molar-refractivity contribution in [1.29, 1.82) is 0 Å². The van der Waals surface area contributed by atoms with Crippen LogP contribution in [0.2, 0.25) is 0 Å². The number of hydrogen-bond donors (Lipinski definition) is 0. The Kier molecular flexibility index (Phi) is 19.7. The van der Waals surface area contributed by atoms with Gasteiger partial charge in [-0.2, -0.15) is 6.92 Å². The van der Waals surface area contributed by atoms with E-state index >= 15 is 0 Å². The third kappa shape index (κ3) is 12.4. The molecule has 12 heavy (non-hydrogen) atoms. The number of nitro groups is 1. The van der Waals surface area contributed by atoms with E-state index in [2.05, 4.69) is 6.92 Å². The molecule has 0 aromatic carbocycles. The van der Waals surface area contributed by atoms with Crippen LogP contribution in [0.4, 0.5) is 0 Å². The van der Waals surface area contributed by atoms with Gasteiger partial charge in [0, 0.05) is 11.8 Å². The molecule has 0 aromatic rings. The summed E-state index contributed by atoms with van der Waals surface area (Å²) < 4.78 is 0. The Labute approximate surface area is 87.1 Å². The molecular weight excluding hydrogens is 330 g/mol. The Morgan fingerprint density at radius 2 is 2.00 bits per heavy atom. The smallest absolute Gasteiger partial charge is 0.542 e. The first-order valence-corrected chi connectivity index (χ1v) is 3.37. The largest absolute Gasteiger partial charge is 2.00 e. The molecule has 0 saturated heterocycles. The fraction of sp³-hybridized carbons (Fsp3) is 0.714. The van der Waals surface area contributed by atoms with Crippen molar-refractivity contribution in [2.24, 2.45) is 0 Å². The average Bonchev–Trinajstić information content (AvgIpc) is 2.03. The predicted molar refractivity (Wildman–Crippen MR) is 42.4 cm³/mol. The van der Waals surface area contributed by atoms with Crippen molar-refractivity contribution in [2.45, 2.75) is 32.7 Å². The van der Waals surface area contributed by atoms with Crippen LogP contribution in [-0.2, 0) is 25.9 Å². The summed E-state index contributed by atoms with van der Waals surface area (Å²) in [5.41, 5.74) is 0. The van der Waals surface area contributed by atoms with Gasteiger partial charge in [0.15, 0.2) is 0 Å². The molecule has 0 heterocycles. The van der Waals surface area contributed by atoms with E-state index in [4.69, 9.17) is 0 Å². The maximum Gasteiger partial charge on any atom is 2.00 e. The van der Waals surface area contributed by atoms with Crippen LogP contribution < -0.4 is 0 Å². The monoisotopic (exact) mass is 343 g/mol. The normalized spacial score (nSPS) is 9.92. The molecule has 0 radical (unpaired) electrons. The van der Waals surface area contributed by atoms with Crippen molar-refractivity contribution in [3.8, 4) is 0 Å². The quantitative estimate of drug-likeness (QED) is 0.440. The molecule has 0 aliphatic heterocycles. The van der Waals surface area contributed by atoms with E-state index in [0.717, 1.165) is 0 Å². The van der Waals surface area contributed by atoms with Crippen molar-refractivity contribution >= 4 is 6.29 Å². The zero-order valence-electron chi connectivity index (χ0n) is 7.28. The summed E-state index contributed by atoms with van der Waals surface area (Å²) in [6.45, 7) is 6.47. The molecule has 0 aliphatic rings. The summed E-state index contributed by atoms with van der Waals surface area (Å²) in [7, 11) is 0. The zero-order valence-corrected chi connectivity index (χ0v) is 10.2. The van der Waals surface area contributed by atoms with Gasteiger partial charge in [0.05, 0.1) is 0 Å². The van der Waals surface area contributed by atoms with Gasteiger partial charge in [-0.05, 0) is 6.42 Å². The summed E-state index contributed by atoms with van der Waals surface area (Å²) in [6, 6.07) is -0.619. The van der Waals surface area contributed by atoms with Crippen LogP contribution in [0.3, 0.4) is 0 Å². The summed E-state index contributed by atoms with van der Waals surface area (Å²) in [6.07, 6.45) is 2.04. The van der Waals surface area contributed by atoms with E-state index in [0.29, 0.717) is 0 Å². The second-order valence-electron chi connectivity index (χ2n) is 1.82. The zero-order chi connectivity index (χ0) is 9.28. The summed E-state index contributed by atoms with van der Waals surface area (Å²) in [4.78, 5) is 19.1. The molecule has 0 fully saturated rings. The Bertz CT molecular complexity index is 119. The molecule has 5 heteroatoms. The van der Waals surface area contributed by atoms with Gasteiger partial charge in [0.1, 0.15) is 0 Å². The van der Waals surface area contributed by atoms with Crippen LogP contribution in [0.25, 0.3) is 0 Å². The van der Waals surface area contributed by atoms with Gasteiger partial charge in [0.25, 0.3) is 0 Å². The van der Waals surface area contributed by atoms with E-state index in [-0.39, 0.29) is 33.9 Å². The number of carbonyl (C=O) groups excluding carboxylic acids is 1. The van der Waals surface area contributed by atoms with Gasteiger partial charge in [-0.25, -0.2) is 0 Å². The molecule has 0 bridgehead atoms. The van der Waals surface area contributed by atoms with Crippen LogP contribution in [0.15, 0.2) is 0 Å². The Morgan fingerprint density at radius 3 is 2.25 bits per heavy atom. The summed E-state index contributed by atoms with van der Waals surface area (Å²) in [5, 5.41) is 9.88. The first kappa shape index (κ1) is 17.7. The molecular formula is C7H13NO3W. The second-order valence-corrected chi connectivity index (χ2v) is 1.82. The van der Waals surface area contributed by atoms with Gasteiger partial charge in [-0.15, -0.1) is 6.42 Å². The fourth-order valence-electron chi connectivity index (χ4n) is 0.373. The van der Waals surface area contributed by atoms with Gasteiger partial charge >= 0.3 is 21.1 Å². The van der Waals surface area contributed by atoms with Crippen molar-refractivity contribution in [1.82, 2.24) is 0 Å². The number of rotatable bonds is 4. The van der Waals surface area contributed by atoms with Crippen LogP contribution in [-0.4, -0.2) is 17.3 Å². The molecule has 0 amide bonds. The summed E-state index contributed by atoms with van der Waals surface area (Å²) in [5.74, 6) is 0. The Hall–Kier alpha value is -0.242. The molecule has 4 nitrogen and oxygen atoms in total. The molecule has 0 rings (SSSR count). The van der Waals surface area contributed by atoms with Crippen LogP contribution >= 0.6 is 0 Å². The minimum absolute atomic E-state index is 0. The predicted octanol–water partition coefficient (Wildman–Crippen LogP) is 1.38. The van der Waals surface area contributed by atoms with Crippen LogP contribution in [0.1, 0.15) is 26.7 Å². The number of nitrogens with zero attached hydrogens (tertiary/aromatic N) is 1. The Balaban J connectivity index is -0.000000249. The van der Waals surface area contributed by atoms with Gasteiger partial charge in [-0.1, -0.05) is 0 Å². The third-order valence-electron chi connectivity index (χ3n) is 1.02. The summed E-state index contributed by atoms with van der Waals surface area (Å²) >= 11 is 0. The van der Waals surface area contributed by atoms with Crippen LogP contribution in [0.5, 0.6) is 0 Å². The average molecular weight is 343 g/mol. The first-order valence-electron chi connectivity index (χ1n) is 3.37. The standard InChI is InChI=1S/C5H8NO3.C2H5.W/c1-5(6(8)9)3-2-4-7;1-2;/h5H,2-3H2,1H3;1H2,2H3;/q2*-1;+2. The minimum atomic E-state index is -0.619. The second kappa shape index (κ2) is 13.4. The van der Waals surface area contributed by atoms with Gasteiger partial charge in [-0.3, -0.25) is 16.4 Å². The maximum absolute atomic E-state index is 9.88. The Morgan fingerprint density at radius 1 is 1.58 bits per heavy atom.